The highest BCUT2D eigenvalue weighted by Crippen LogP contribution is 2.38. The van der Waals surface area contributed by atoms with Crippen LogP contribution in [0.15, 0.2) is 24.4 Å². The largest absolute Gasteiger partial charge is 0.427 e. The number of nitrogens with one attached hydrogen (secondary N) is 1. The van der Waals surface area contributed by atoms with E-state index in [4.69, 9.17) is 0 Å². The zero-order valence-electron chi connectivity index (χ0n) is 12.6. The van der Waals surface area contributed by atoms with Gasteiger partial charge in [0.05, 0.1) is 18.1 Å². The molecule has 0 radical (unpaired) electrons. The number of halogens is 3. The first-order chi connectivity index (χ1) is 11.1. The topological polar surface area (TPSA) is 62.3 Å². The molecular formula is C14H14F3N3O2S2. The van der Waals surface area contributed by atoms with Gasteiger partial charge in [-0.25, -0.2) is 13.4 Å². The Labute approximate surface area is 141 Å². The van der Waals surface area contributed by atoms with Crippen molar-refractivity contribution in [2.24, 2.45) is 0 Å². The molecule has 3 rings (SSSR count). The standard InChI is InChI=1S/C14H14F3N3O2S2/c1-24(21,22)19-11-4-2-3-9-8-20(6-5-10(9)11)13-18-7-12(23-13)14(15,16)17/h2-4,7,19H,5-6,8H2,1H3. The van der Waals surface area contributed by atoms with Gasteiger partial charge in [-0.05, 0) is 23.6 Å². The summed E-state index contributed by atoms with van der Waals surface area (Å²) in [5.74, 6) is 0. The molecular weight excluding hydrogens is 363 g/mol. The van der Waals surface area contributed by atoms with Crippen LogP contribution in [0, 0.1) is 0 Å². The van der Waals surface area contributed by atoms with E-state index in [1.54, 1.807) is 17.0 Å². The number of hydrogen-bond acceptors (Lipinski definition) is 5. The molecule has 24 heavy (non-hydrogen) atoms. The van der Waals surface area contributed by atoms with E-state index in [1.165, 1.54) is 0 Å². The molecule has 10 heteroatoms. The molecule has 0 amide bonds. The first-order valence-corrected chi connectivity index (χ1v) is 9.71. The Morgan fingerprint density at radius 3 is 2.71 bits per heavy atom. The maximum absolute atomic E-state index is 12.7. The van der Waals surface area contributed by atoms with Crippen LogP contribution in [-0.4, -0.2) is 26.2 Å². The number of fused-ring (bicyclic) bond motifs is 1. The lowest BCUT2D eigenvalue weighted by Gasteiger charge is -2.29. The maximum Gasteiger partial charge on any atom is 0.427 e. The molecule has 0 aliphatic carbocycles. The van der Waals surface area contributed by atoms with Gasteiger partial charge in [0, 0.05) is 13.1 Å². The molecule has 130 valence electrons. The number of benzene rings is 1. The number of aromatic nitrogens is 1. The number of rotatable bonds is 3. The average molecular weight is 377 g/mol. The SMILES string of the molecule is CS(=O)(=O)Nc1cccc2c1CCN(c1ncc(C(F)(F)F)s1)C2. The van der Waals surface area contributed by atoms with E-state index < -0.39 is 21.1 Å². The summed E-state index contributed by atoms with van der Waals surface area (Å²) in [6.07, 6.45) is -1.95. The van der Waals surface area contributed by atoms with E-state index in [2.05, 4.69) is 9.71 Å². The minimum absolute atomic E-state index is 0.314. The van der Waals surface area contributed by atoms with E-state index in [1.807, 2.05) is 6.07 Å². The van der Waals surface area contributed by atoms with Gasteiger partial charge in [-0.3, -0.25) is 4.72 Å². The fourth-order valence-electron chi connectivity index (χ4n) is 2.61. The van der Waals surface area contributed by atoms with Gasteiger partial charge in [0.15, 0.2) is 5.13 Å². The van der Waals surface area contributed by atoms with Crippen molar-refractivity contribution >= 4 is 32.2 Å². The van der Waals surface area contributed by atoms with Crippen molar-refractivity contribution < 1.29 is 21.6 Å². The molecule has 1 aromatic carbocycles. The van der Waals surface area contributed by atoms with Gasteiger partial charge in [0.1, 0.15) is 4.88 Å². The predicted molar refractivity (Wildman–Crippen MR) is 86.8 cm³/mol. The Balaban J connectivity index is 1.85. The number of alkyl halides is 3. The van der Waals surface area contributed by atoms with Gasteiger partial charge in [0.2, 0.25) is 10.0 Å². The molecule has 1 aliphatic heterocycles. The molecule has 0 fully saturated rings. The second-order valence-electron chi connectivity index (χ2n) is 5.49. The summed E-state index contributed by atoms with van der Waals surface area (Å²) in [6, 6.07) is 5.24. The number of anilines is 2. The Hall–Kier alpha value is -1.81. The first kappa shape index (κ1) is 17.0. The lowest BCUT2D eigenvalue weighted by Crippen LogP contribution is -2.31. The number of hydrogen-bond donors (Lipinski definition) is 1. The summed E-state index contributed by atoms with van der Waals surface area (Å²) in [5, 5.41) is 0.314. The summed E-state index contributed by atoms with van der Waals surface area (Å²) in [6.45, 7) is 0.861. The maximum atomic E-state index is 12.7. The molecule has 2 heterocycles. The van der Waals surface area contributed by atoms with Crippen LogP contribution >= 0.6 is 11.3 Å². The zero-order valence-corrected chi connectivity index (χ0v) is 14.2. The van der Waals surface area contributed by atoms with Crippen molar-refractivity contribution in [2.45, 2.75) is 19.1 Å². The summed E-state index contributed by atoms with van der Waals surface area (Å²) in [5.41, 5.74) is 2.26. The molecule has 5 nitrogen and oxygen atoms in total. The number of thiazole rings is 1. The molecule has 0 spiro atoms. The highest BCUT2D eigenvalue weighted by Gasteiger charge is 2.34. The minimum atomic E-state index is -4.39. The van der Waals surface area contributed by atoms with Gasteiger partial charge >= 0.3 is 6.18 Å². The van der Waals surface area contributed by atoms with Crippen molar-refractivity contribution in [3.05, 3.63) is 40.4 Å². The van der Waals surface area contributed by atoms with E-state index in [9.17, 15) is 21.6 Å². The van der Waals surface area contributed by atoms with Gasteiger partial charge in [-0.15, -0.1) is 0 Å². The van der Waals surface area contributed by atoms with Crippen LogP contribution in [0.25, 0.3) is 0 Å². The Kier molecular flexibility index (Phi) is 4.20. The molecule has 1 N–H and O–H groups in total. The quantitative estimate of drug-likeness (QED) is 0.893. The normalized spacial score (nSPS) is 15.2. The monoisotopic (exact) mass is 377 g/mol. The van der Waals surface area contributed by atoms with Crippen molar-refractivity contribution in [1.29, 1.82) is 0 Å². The third-order valence-electron chi connectivity index (χ3n) is 3.60. The molecule has 2 aromatic rings. The molecule has 0 atom stereocenters. The first-order valence-electron chi connectivity index (χ1n) is 7.00. The van der Waals surface area contributed by atoms with Gasteiger partial charge < -0.3 is 4.90 Å². The summed E-state index contributed by atoms with van der Waals surface area (Å²) >= 11 is 0.614. The van der Waals surface area contributed by atoms with Crippen LogP contribution in [0.5, 0.6) is 0 Å². The van der Waals surface area contributed by atoms with E-state index in [0.29, 0.717) is 41.7 Å². The molecule has 1 aromatic heterocycles. The van der Waals surface area contributed by atoms with Crippen molar-refractivity contribution in [3.8, 4) is 0 Å². The smallest absolute Gasteiger partial charge is 0.343 e. The average Bonchev–Trinajstić information content (AvgIpc) is 2.95. The van der Waals surface area contributed by atoms with Crippen LogP contribution in [0.2, 0.25) is 0 Å². The molecule has 0 bridgehead atoms. The molecule has 1 aliphatic rings. The van der Waals surface area contributed by atoms with Gasteiger partial charge in [-0.1, -0.05) is 23.5 Å². The van der Waals surface area contributed by atoms with Crippen LogP contribution in [0.3, 0.4) is 0 Å². The highest BCUT2D eigenvalue weighted by molar-refractivity contribution is 7.92. The third kappa shape index (κ3) is 3.64. The van der Waals surface area contributed by atoms with Gasteiger partial charge in [-0.2, -0.15) is 13.2 Å². The minimum Gasteiger partial charge on any atom is -0.343 e. The van der Waals surface area contributed by atoms with Crippen LogP contribution in [0.4, 0.5) is 24.0 Å². The Morgan fingerprint density at radius 2 is 2.08 bits per heavy atom. The lowest BCUT2D eigenvalue weighted by atomic mass is 9.98. The van der Waals surface area contributed by atoms with E-state index in [-0.39, 0.29) is 0 Å². The molecule has 0 unspecified atom stereocenters. The van der Waals surface area contributed by atoms with Crippen molar-refractivity contribution in [3.63, 3.8) is 0 Å². The van der Waals surface area contributed by atoms with Crippen LogP contribution in [0.1, 0.15) is 16.0 Å². The lowest BCUT2D eigenvalue weighted by molar-refractivity contribution is -0.134. The van der Waals surface area contributed by atoms with Gasteiger partial charge in [0.25, 0.3) is 0 Å². The van der Waals surface area contributed by atoms with Crippen LogP contribution < -0.4 is 9.62 Å². The van der Waals surface area contributed by atoms with Crippen LogP contribution in [-0.2, 0) is 29.2 Å². The van der Waals surface area contributed by atoms with E-state index >= 15 is 0 Å². The predicted octanol–water partition coefficient (Wildman–Crippen LogP) is 3.10. The van der Waals surface area contributed by atoms with E-state index in [0.717, 1.165) is 23.6 Å². The Morgan fingerprint density at radius 1 is 1.33 bits per heavy atom. The van der Waals surface area contributed by atoms with Crippen molar-refractivity contribution in [2.75, 3.05) is 22.4 Å². The summed E-state index contributed by atoms with van der Waals surface area (Å²) in [4.78, 5) is 4.92. The highest BCUT2D eigenvalue weighted by atomic mass is 32.2. The zero-order chi connectivity index (χ0) is 17.5. The van der Waals surface area contributed by atoms with Crippen molar-refractivity contribution in [1.82, 2.24) is 4.98 Å². The fourth-order valence-corrected chi connectivity index (χ4v) is 4.01. The second-order valence-corrected chi connectivity index (χ2v) is 8.25. The third-order valence-corrected chi connectivity index (χ3v) is 5.30. The number of nitrogens with zero attached hydrogens (tertiary/aromatic N) is 2. The summed E-state index contributed by atoms with van der Waals surface area (Å²) < 4.78 is 63.5. The number of sulfonamides is 1. The Bertz CT molecular complexity index is 862. The second kappa shape index (κ2) is 5.92. The summed E-state index contributed by atoms with van der Waals surface area (Å²) in [7, 11) is -3.39. The molecule has 0 saturated carbocycles. The fraction of sp³-hybridized carbons (Fsp3) is 0.357. The molecule has 0 saturated heterocycles.